The average molecular weight is 276 g/mol. The molecule has 0 N–H and O–H groups in total. The van der Waals surface area contributed by atoms with Crippen molar-refractivity contribution in [1.82, 2.24) is 9.88 Å². The first-order valence-electron chi connectivity index (χ1n) is 7.48. The largest absolute Gasteiger partial charge is 0.493 e. The summed E-state index contributed by atoms with van der Waals surface area (Å²) >= 11 is 0. The van der Waals surface area contributed by atoms with Gasteiger partial charge >= 0.3 is 0 Å². The lowest BCUT2D eigenvalue weighted by Crippen LogP contribution is -2.40. The molecule has 1 saturated heterocycles. The van der Waals surface area contributed by atoms with Crippen molar-refractivity contribution >= 4 is 5.91 Å². The van der Waals surface area contributed by atoms with Crippen LogP contribution in [0.25, 0.3) is 0 Å². The summed E-state index contributed by atoms with van der Waals surface area (Å²) in [6.07, 6.45) is 6.74. The first kappa shape index (κ1) is 14.8. The van der Waals surface area contributed by atoms with Crippen molar-refractivity contribution in [3.63, 3.8) is 0 Å². The molecule has 2 heterocycles. The fraction of sp³-hybridized carbons (Fsp3) is 0.625. The van der Waals surface area contributed by atoms with Crippen LogP contribution in [0.4, 0.5) is 0 Å². The highest BCUT2D eigenvalue weighted by molar-refractivity contribution is 5.78. The molecule has 4 heteroatoms. The zero-order valence-corrected chi connectivity index (χ0v) is 12.4. The standard InChI is InChI=1S/C16H24N2O2/c1-13(2)16(19)18-10-5-14(6-11-18)7-12-20-15-3-8-17-9-4-15/h3-4,8-9,13-14H,5-7,10-12H2,1-2H3. The number of pyridine rings is 1. The number of amides is 1. The zero-order chi connectivity index (χ0) is 14.4. The van der Waals surface area contributed by atoms with Crippen LogP contribution in [0.2, 0.25) is 0 Å². The van der Waals surface area contributed by atoms with Crippen molar-refractivity contribution in [3.05, 3.63) is 24.5 Å². The summed E-state index contributed by atoms with van der Waals surface area (Å²) in [4.78, 5) is 17.9. The smallest absolute Gasteiger partial charge is 0.225 e. The maximum absolute atomic E-state index is 11.9. The molecule has 0 radical (unpaired) electrons. The number of aromatic nitrogens is 1. The van der Waals surface area contributed by atoms with Gasteiger partial charge in [0.2, 0.25) is 5.91 Å². The maximum Gasteiger partial charge on any atom is 0.225 e. The van der Waals surface area contributed by atoms with Gasteiger partial charge in [0.25, 0.3) is 0 Å². The molecule has 1 aliphatic rings. The number of rotatable bonds is 5. The van der Waals surface area contributed by atoms with Gasteiger partial charge in [-0.2, -0.15) is 0 Å². The van der Waals surface area contributed by atoms with E-state index in [2.05, 4.69) is 4.98 Å². The maximum atomic E-state index is 11.9. The van der Waals surface area contributed by atoms with Crippen LogP contribution in [-0.4, -0.2) is 35.5 Å². The Morgan fingerprint density at radius 3 is 2.60 bits per heavy atom. The Morgan fingerprint density at radius 1 is 1.35 bits per heavy atom. The van der Waals surface area contributed by atoms with Crippen LogP contribution in [0.5, 0.6) is 5.75 Å². The Bertz CT molecular complexity index is 412. The van der Waals surface area contributed by atoms with Gasteiger partial charge in [-0.25, -0.2) is 0 Å². The van der Waals surface area contributed by atoms with Crippen molar-refractivity contribution < 1.29 is 9.53 Å². The zero-order valence-electron chi connectivity index (χ0n) is 12.4. The molecule has 0 unspecified atom stereocenters. The second-order valence-electron chi connectivity index (χ2n) is 5.74. The van der Waals surface area contributed by atoms with Crippen molar-refractivity contribution in [2.24, 2.45) is 11.8 Å². The molecule has 20 heavy (non-hydrogen) atoms. The van der Waals surface area contributed by atoms with E-state index >= 15 is 0 Å². The molecule has 0 saturated carbocycles. The van der Waals surface area contributed by atoms with E-state index < -0.39 is 0 Å². The molecule has 2 rings (SSSR count). The minimum absolute atomic E-state index is 0.113. The fourth-order valence-corrected chi connectivity index (χ4v) is 2.59. The highest BCUT2D eigenvalue weighted by Gasteiger charge is 2.23. The molecular weight excluding hydrogens is 252 g/mol. The number of piperidine rings is 1. The van der Waals surface area contributed by atoms with E-state index in [0.29, 0.717) is 5.92 Å². The van der Waals surface area contributed by atoms with Crippen molar-refractivity contribution in [2.45, 2.75) is 33.1 Å². The van der Waals surface area contributed by atoms with Crippen molar-refractivity contribution in [3.8, 4) is 5.75 Å². The van der Waals surface area contributed by atoms with Gasteiger partial charge in [0, 0.05) is 31.4 Å². The van der Waals surface area contributed by atoms with E-state index in [-0.39, 0.29) is 11.8 Å². The molecule has 1 aliphatic heterocycles. The molecule has 0 bridgehead atoms. The summed E-state index contributed by atoms with van der Waals surface area (Å²) in [7, 11) is 0. The monoisotopic (exact) mass is 276 g/mol. The first-order valence-corrected chi connectivity index (χ1v) is 7.48. The predicted octanol–water partition coefficient (Wildman–Crippen LogP) is 2.75. The van der Waals surface area contributed by atoms with Gasteiger partial charge < -0.3 is 9.64 Å². The molecule has 1 fully saturated rings. The highest BCUT2D eigenvalue weighted by atomic mass is 16.5. The lowest BCUT2D eigenvalue weighted by Gasteiger charge is -2.33. The van der Waals surface area contributed by atoms with Crippen LogP contribution in [0.15, 0.2) is 24.5 Å². The second-order valence-corrected chi connectivity index (χ2v) is 5.74. The summed E-state index contributed by atoms with van der Waals surface area (Å²) in [6.45, 7) is 6.48. The average Bonchev–Trinajstić information content (AvgIpc) is 2.48. The molecule has 1 aromatic heterocycles. The van der Waals surface area contributed by atoms with E-state index in [1.54, 1.807) is 12.4 Å². The van der Waals surface area contributed by atoms with Gasteiger partial charge in [-0.3, -0.25) is 9.78 Å². The van der Waals surface area contributed by atoms with Gasteiger partial charge in [0.1, 0.15) is 5.75 Å². The number of likely N-dealkylation sites (tertiary alicyclic amines) is 1. The van der Waals surface area contributed by atoms with Crippen LogP contribution >= 0.6 is 0 Å². The molecule has 4 nitrogen and oxygen atoms in total. The van der Waals surface area contributed by atoms with Crippen molar-refractivity contribution in [1.29, 1.82) is 0 Å². The van der Waals surface area contributed by atoms with E-state index in [4.69, 9.17) is 4.74 Å². The fourth-order valence-electron chi connectivity index (χ4n) is 2.59. The number of nitrogens with zero attached hydrogens (tertiary/aromatic N) is 2. The van der Waals surface area contributed by atoms with Gasteiger partial charge in [0.05, 0.1) is 6.61 Å². The Morgan fingerprint density at radius 2 is 2.00 bits per heavy atom. The molecule has 1 aromatic rings. The second kappa shape index (κ2) is 7.27. The topological polar surface area (TPSA) is 42.4 Å². The minimum atomic E-state index is 0.113. The van der Waals surface area contributed by atoms with Crippen LogP contribution < -0.4 is 4.74 Å². The third-order valence-electron chi connectivity index (χ3n) is 3.86. The number of carbonyl (C=O) groups is 1. The summed E-state index contributed by atoms with van der Waals surface area (Å²) < 4.78 is 5.70. The van der Waals surface area contributed by atoms with Crippen LogP contribution in [0.3, 0.4) is 0 Å². The highest BCUT2D eigenvalue weighted by Crippen LogP contribution is 2.22. The van der Waals surface area contributed by atoms with Gasteiger partial charge in [0.15, 0.2) is 0 Å². The van der Waals surface area contributed by atoms with Crippen molar-refractivity contribution in [2.75, 3.05) is 19.7 Å². The third-order valence-corrected chi connectivity index (χ3v) is 3.86. The molecule has 0 atom stereocenters. The summed E-state index contributed by atoms with van der Waals surface area (Å²) in [5.41, 5.74) is 0. The Kier molecular flexibility index (Phi) is 5.39. The Labute approximate surface area is 121 Å². The number of hydrogen-bond acceptors (Lipinski definition) is 3. The lowest BCUT2D eigenvalue weighted by molar-refractivity contribution is -0.135. The summed E-state index contributed by atoms with van der Waals surface area (Å²) in [5.74, 6) is 1.96. The summed E-state index contributed by atoms with van der Waals surface area (Å²) in [6, 6.07) is 3.76. The van der Waals surface area contributed by atoms with Crippen LogP contribution in [-0.2, 0) is 4.79 Å². The van der Waals surface area contributed by atoms with Gasteiger partial charge in [-0.15, -0.1) is 0 Å². The first-order chi connectivity index (χ1) is 9.66. The molecule has 0 aliphatic carbocycles. The predicted molar refractivity (Wildman–Crippen MR) is 78.5 cm³/mol. The normalized spacial score (nSPS) is 16.4. The molecule has 1 amide bonds. The molecule has 0 spiro atoms. The Balaban J connectivity index is 1.66. The molecule has 110 valence electrons. The summed E-state index contributed by atoms with van der Waals surface area (Å²) in [5, 5.41) is 0. The Hall–Kier alpha value is -1.58. The molecule has 0 aromatic carbocycles. The van der Waals surface area contributed by atoms with E-state index in [0.717, 1.165) is 44.7 Å². The van der Waals surface area contributed by atoms with E-state index in [9.17, 15) is 4.79 Å². The third kappa shape index (κ3) is 4.22. The number of carbonyl (C=O) groups excluding carboxylic acids is 1. The number of hydrogen-bond donors (Lipinski definition) is 0. The SMILES string of the molecule is CC(C)C(=O)N1CCC(CCOc2ccncc2)CC1. The van der Waals surface area contributed by atoms with E-state index in [1.807, 2.05) is 30.9 Å². The van der Waals surface area contributed by atoms with Gasteiger partial charge in [-0.05, 0) is 37.3 Å². The van der Waals surface area contributed by atoms with E-state index in [1.165, 1.54) is 0 Å². The number of ether oxygens (including phenoxy) is 1. The lowest BCUT2D eigenvalue weighted by atomic mass is 9.93. The minimum Gasteiger partial charge on any atom is -0.493 e. The van der Waals surface area contributed by atoms with Crippen LogP contribution in [0, 0.1) is 11.8 Å². The van der Waals surface area contributed by atoms with Crippen LogP contribution in [0.1, 0.15) is 33.1 Å². The molecular formula is C16H24N2O2. The quantitative estimate of drug-likeness (QED) is 0.830. The van der Waals surface area contributed by atoms with Gasteiger partial charge in [-0.1, -0.05) is 13.8 Å².